The molecule has 0 heteroatoms. The second kappa shape index (κ2) is 9.45. The van der Waals surface area contributed by atoms with Gasteiger partial charge in [0.2, 0.25) is 0 Å². The zero-order valence-electron chi connectivity index (χ0n) is 28.0. The number of hydrogen-bond acceptors (Lipinski definition) is 0. The standard InChI is InChI=1S/C45H46/c1-26(2)30-16-18-34-32(23-30)17-19-36-39-38(45(42(34)36)25-27(3)22-28(4)40(45)29-12-8-7-9-13-29)21-20-35-37-24-31-14-10-11-15-33(31)41(37)44(5,6)43(35)39/h10-11,14-23,25-26,29,40H,7-9,12-13,24H2,1-6H3. The van der Waals surface area contributed by atoms with Crippen LogP contribution in [0.25, 0.3) is 33.0 Å². The summed E-state index contributed by atoms with van der Waals surface area (Å²) in [6.07, 6.45) is 13.1. The van der Waals surface area contributed by atoms with E-state index in [1.807, 2.05) is 0 Å². The van der Waals surface area contributed by atoms with Crippen LogP contribution >= 0.6 is 0 Å². The molecule has 1 fully saturated rings. The molecule has 45 heavy (non-hydrogen) atoms. The predicted molar refractivity (Wildman–Crippen MR) is 192 cm³/mol. The highest BCUT2D eigenvalue weighted by Gasteiger charge is 2.55. The first-order chi connectivity index (χ1) is 21.7. The van der Waals surface area contributed by atoms with Crippen LogP contribution in [0.2, 0.25) is 0 Å². The third-order valence-corrected chi connectivity index (χ3v) is 12.6. The van der Waals surface area contributed by atoms with Crippen molar-refractivity contribution in [2.45, 2.75) is 96.8 Å². The van der Waals surface area contributed by atoms with Crippen molar-refractivity contribution in [2.75, 3.05) is 0 Å². The molecule has 0 aromatic heterocycles. The van der Waals surface area contributed by atoms with Crippen molar-refractivity contribution in [3.05, 3.63) is 129 Å². The Hall–Kier alpha value is -3.64. The normalized spacial score (nSPS) is 24.5. The van der Waals surface area contributed by atoms with Gasteiger partial charge in [0.1, 0.15) is 0 Å². The molecule has 0 bridgehead atoms. The van der Waals surface area contributed by atoms with Gasteiger partial charge in [-0.3, -0.25) is 0 Å². The van der Waals surface area contributed by atoms with Crippen LogP contribution in [-0.2, 0) is 17.3 Å². The molecule has 4 aromatic carbocycles. The quantitative estimate of drug-likeness (QED) is 0.219. The second-order valence-corrected chi connectivity index (χ2v) is 15.9. The molecule has 0 heterocycles. The summed E-state index contributed by atoms with van der Waals surface area (Å²) in [7, 11) is 0. The van der Waals surface area contributed by atoms with Crippen LogP contribution in [0.15, 0.2) is 90.0 Å². The minimum atomic E-state index is -0.148. The van der Waals surface area contributed by atoms with Gasteiger partial charge in [-0.25, -0.2) is 0 Å². The lowest BCUT2D eigenvalue weighted by atomic mass is 9.56. The van der Waals surface area contributed by atoms with Crippen molar-refractivity contribution in [3.63, 3.8) is 0 Å². The third-order valence-electron chi connectivity index (χ3n) is 12.6. The zero-order valence-corrected chi connectivity index (χ0v) is 28.0. The van der Waals surface area contributed by atoms with Gasteiger partial charge in [-0.2, -0.15) is 0 Å². The van der Waals surface area contributed by atoms with Gasteiger partial charge in [-0.15, -0.1) is 0 Å². The minimum Gasteiger partial charge on any atom is -0.0681 e. The SMILES string of the molecule is CC1=CC2(c3ccc4c(c3-c3ccc5cc(C(C)C)ccc5c32)C(C)(C)C2=C4Cc3ccccc32)C(C2CCCCC2)C(C)=C1. The van der Waals surface area contributed by atoms with Crippen molar-refractivity contribution in [1.29, 1.82) is 0 Å². The Morgan fingerprint density at radius 1 is 0.778 bits per heavy atom. The molecule has 4 aromatic rings. The van der Waals surface area contributed by atoms with E-state index < -0.39 is 0 Å². The number of rotatable bonds is 2. The van der Waals surface area contributed by atoms with E-state index in [2.05, 4.69) is 120 Å². The summed E-state index contributed by atoms with van der Waals surface area (Å²) in [5.41, 5.74) is 19.6. The van der Waals surface area contributed by atoms with Crippen LogP contribution < -0.4 is 0 Å². The molecule has 5 aliphatic rings. The predicted octanol–water partition coefficient (Wildman–Crippen LogP) is 12.1. The Morgan fingerprint density at radius 2 is 1.56 bits per heavy atom. The zero-order chi connectivity index (χ0) is 30.8. The van der Waals surface area contributed by atoms with E-state index in [4.69, 9.17) is 0 Å². The Morgan fingerprint density at radius 3 is 2.36 bits per heavy atom. The molecule has 0 aliphatic heterocycles. The first-order valence-corrected chi connectivity index (χ1v) is 17.7. The number of benzene rings is 4. The van der Waals surface area contributed by atoms with Crippen LogP contribution in [0, 0.1) is 11.8 Å². The molecule has 1 spiro atoms. The van der Waals surface area contributed by atoms with Crippen molar-refractivity contribution >= 4 is 21.9 Å². The molecule has 2 unspecified atom stereocenters. The first-order valence-electron chi connectivity index (χ1n) is 17.7. The van der Waals surface area contributed by atoms with Crippen LogP contribution in [0.3, 0.4) is 0 Å². The molecule has 5 aliphatic carbocycles. The van der Waals surface area contributed by atoms with Crippen molar-refractivity contribution in [2.24, 2.45) is 11.8 Å². The first kappa shape index (κ1) is 27.7. The van der Waals surface area contributed by atoms with Gasteiger partial charge in [0, 0.05) is 10.8 Å². The topological polar surface area (TPSA) is 0 Å². The maximum absolute atomic E-state index is 2.73. The highest BCUT2D eigenvalue weighted by molar-refractivity contribution is 6.10. The molecule has 0 amide bonds. The van der Waals surface area contributed by atoms with Crippen LogP contribution in [0.5, 0.6) is 0 Å². The van der Waals surface area contributed by atoms with E-state index in [9.17, 15) is 0 Å². The fourth-order valence-electron chi connectivity index (χ4n) is 11.0. The van der Waals surface area contributed by atoms with E-state index in [-0.39, 0.29) is 10.8 Å². The van der Waals surface area contributed by atoms with Crippen molar-refractivity contribution in [1.82, 2.24) is 0 Å². The third kappa shape index (κ3) is 3.55. The summed E-state index contributed by atoms with van der Waals surface area (Å²) in [5, 5.41) is 2.86. The van der Waals surface area contributed by atoms with Gasteiger partial charge < -0.3 is 0 Å². The molecule has 0 saturated heterocycles. The summed E-state index contributed by atoms with van der Waals surface area (Å²) in [4.78, 5) is 0. The van der Waals surface area contributed by atoms with Crippen LogP contribution in [0.1, 0.15) is 119 Å². The monoisotopic (exact) mass is 586 g/mol. The van der Waals surface area contributed by atoms with E-state index in [1.54, 1.807) is 39.0 Å². The van der Waals surface area contributed by atoms with Gasteiger partial charge in [0.25, 0.3) is 0 Å². The van der Waals surface area contributed by atoms with E-state index in [0.717, 1.165) is 6.42 Å². The van der Waals surface area contributed by atoms with Crippen molar-refractivity contribution in [3.8, 4) is 11.1 Å². The molecule has 2 atom stereocenters. The molecule has 0 radical (unpaired) electrons. The van der Waals surface area contributed by atoms with Crippen molar-refractivity contribution < 1.29 is 0 Å². The molecule has 9 rings (SSSR count). The molecule has 0 N–H and O–H groups in total. The van der Waals surface area contributed by atoms with Crippen LogP contribution in [0.4, 0.5) is 0 Å². The summed E-state index contributed by atoms with van der Waals surface area (Å²) in [6, 6.07) is 26.7. The smallest absolute Gasteiger partial charge is 0.0473 e. The molecular weight excluding hydrogens is 540 g/mol. The fourth-order valence-corrected chi connectivity index (χ4v) is 11.0. The van der Waals surface area contributed by atoms with Gasteiger partial charge in [0.05, 0.1) is 0 Å². The van der Waals surface area contributed by atoms with Gasteiger partial charge in [-0.1, -0.05) is 137 Å². The summed E-state index contributed by atoms with van der Waals surface area (Å²) in [6.45, 7) is 14.5. The lowest BCUT2D eigenvalue weighted by Crippen LogP contribution is -2.41. The van der Waals surface area contributed by atoms with Gasteiger partial charge >= 0.3 is 0 Å². The minimum absolute atomic E-state index is 0.0550. The largest absolute Gasteiger partial charge is 0.0681 e. The van der Waals surface area contributed by atoms with Gasteiger partial charge in [-0.05, 0) is 123 Å². The Kier molecular flexibility index (Phi) is 5.80. The maximum Gasteiger partial charge on any atom is 0.0473 e. The molecular formula is C45H46. The Labute approximate surface area is 270 Å². The Bertz CT molecular complexity index is 2030. The van der Waals surface area contributed by atoms with Crippen LogP contribution in [-0.4, -0.2) is 0 Å². The van der Waals surface area contributed by atoms with E-state index >= 15 is 0 Å². The summed E-state index contributed by atoms with van der Waals surface area (Å²) >= 11 is 0. The summed E-state index contributed by atoms with van der Waals surface area (Å²) in [5.74, 6) is 1.71. The Balaban J connectivity index is 1.38. The maximum atomic E-state index is 2.73. The molecule has 0 nitrogen and oxygen atoms in total. The summed E-state index contributed by atoms with van der Waals surface area (Å²) < 4.78 is 0. The van der Waals surface area contributed by atoms with E-state index in [1.165, 1.54) is 76.3 Å². The number of hydrogen-bond donors (Lipinski definition) is 0. The second-order valence-electron chi connectivity index (χ2n) is 15.9. The highest BCUT2D eigenvalue weighted by Crippen LogP contribution is 2.66. The highest BCUT2D eigenvalue weighted by atomic mass is 14.6. The lowest BCUT2D eigenvalue weighted by Gasteiger charge is -2.47. The average molecular weight is 587 g/mol. The molecule has 1 saturated carbocycles. The number of allylic oxidation sites excluding steroid dienone is 6. The van der Waals surface area contributed by atoms with Gasteiger partial charge in [0.15, 0.2) is 0 Å². The fraction of sp³-hybridized carbons (Fsp3) is 0.378. The molecule has 226 valence electrons. The average Bonchev–Trinajstić information content (AvgIpc) is 3.62. The van der Waals surface area contributed by atoms with E-state index in [0.29, 0.717) is 17.8 Å². The number of fused-ring (bicyclic) bond motifs is 12. The lowest BCUT2D eigenvalue weighted by molar-refractivity contribution is 0.227.